The number of aryl methyl sites for hydroxylation is 1. The number of sulfonamides is 1. The molecule has 2 aromatic carbocycles. The summed E-state index contributed by atoms with van der Waals surface area (Å²) in [5.74, 6) is -1.22. The molecule has 0 amide bonds. The van der Waals surface area contributed by atoms with Gasteiger partial charge in [-0.25, -0.2) is 8.42 Å². The van der Waals surface area contributed by atoms with Crippen molar-refractivity contribution in [3.05, 3.63) is 64.7 Å². The summed E-state index contributed by atoms with van der Waals surface area (Å²) in [5.41, 5.74) is 1.33. The lowest BCUT2D eigenvalue weighted by molar-refractivity contribution is 0.263. The molecular formula is C16H19ClNO5PS. The van der Waals surface area contributed by atoms with Crippen molar-refractivity contribution < 1.29 is 22.0 Å². The topological polar surface area (TPSA) is 81.7 Å². The van der Waals surface area contributed by atoms with Gasteiger partial charge in [-0.3, -0.25) is 4.57 Å². The molecule has 0 saturated carbocycles. The van der Waals surface area contributed by atoms with E-state index in [2.05, 4.69) is 4.72 Å². The molecule has 0 aliphatic carbocycles. The van der Waals surface area contributed by atoms with Crippen LogP contribution in [0.5, 0.6) is 0 Å². The Kier molecular flexibility index (Phi) is 6.43. The first-order valence-corrected chi connectivity index (χ1v) is 10.7. The van der Waals surface area contributed by atoms with Crippen LogP contribution in [0.25, 0.3) is 0 Å². The quantitative estimate of drug-likeness (QED) is 0.703. The summed E-state index contributed by atoms with van der Waals surface area (Å²) in [4.78, 5) is 0.0517. The Morgan fingerprint density at radius 2 is 1.52 bits per heavy atom. The van der Waals surface area contributed by atoms with Crippen LogP contribution in [-0.2, 0) is 23.6 Å². The lowest BCUT2D eigenvalue weighted by atomic mass is 10.2. The normalized spacial score (nSPS) is 13.6. The summed E-state index contributed by atoms with van der Waals surface area (Å²) >= 11 is 5.87. The summed E-state index contributed by atoms with van der Waals surface area (Å²) in [5, 5.41) is 0.466. The summed E-state index contributed by atoms with van der Waals surface area (Å²) in [6.45, 7) is 1.85. The number of benzene rings is 2. The molecule has 0 bridgehead atoms. The maximum absolute atomic E-state index is 12.9. The summed E-state index contributed by atoms with van der Waals surface area (Å²) in [6, 6.07) is 12.6. The fourth-order valence-corrected chi connectivity index (χ4v) is 5.41. The number of halogens is 1. The number of rotatable bonds is 7. The average molecular weight is 404 g/mol. The third kappa shape index (κ3) is 4.70. The second-order valence-electron chi connectivity index (χ2n) is 5.29. The van der Waals surface area contributed by atoms with Crippen LogP contribution in [0.4, 0.5) is 0 Å². The molecule has 0 aliphatic rings. The highest BCUT2D eigenvalue weighted by molar-refractivity contribution is 7.89. The van der Waals surface area contributed by atoms with Crippen molar-refractivity contribution in [2.24, 2.45) is 0 Å². The molecule has 9 heteroatoms. The monoisotopic (exact) mass is 403 g/mol. The average Bonchev–Trinajstić information content (AvgIpc) is 2.60. The van der Waals surface area contributed by atoms with E-state index in [4.69, 9.17) is 20.6 Å². The number of hydrogen-bond donors (Lipinski definition) is 1. The van der Waals surface area contributed by atoms with Crippen LogP contribution in [0.2, 0.25) is 5.02 Å². The Morgan fingerprint density at radius 3 is 2.00 bits per heavy atom. The van der Waals surface area contributed by atoms with Crippen molar-refractivity contribution in [3.8, 4) is 0 Å². The van der Waals surface area contributed by atoms with Gasteiger partial charge < -0.3 is 9.05 Å². The molecule has 2 rings (SSSR count). The standard InChI is InChI=1S/C16H19ClNO5PS/c1-12-4-10-15(11-5-12)25(20,21)18-16(24(19,22-2)23-3)13-6-8-14(17)9-7-13/h4-11,16,18H,1-3H3. The van der Waals surface area contributed by atoms with E-state index in [0.29, 0.717) is 10.6 Å². The molecule has 0 fully saturated rings. The Labute approximate surface area is 152 Å². The molecular weight excluding hydrogens is 385 g/mol. The van der Waals surface area contributed by atoms with Crippen LogP contribution in [-0.4, -0.2) is 22.6 Å². The van der Waals surface area contributed by atoms with Gasteiger partial charge in [0.25, 0.3) is 0 Å². The molecule has 0 heterocycles. The lowest BCUT2D eigenvalue weighted by Gasteiger charge is -2.25. The molecule has 1 atom stereocenters. The van der Waals surface area contributed by atoms with Crippen molar-refractivity contribution in [1.29, 1.82) is 0 Å². The second kappa shape index (κ2) is 7.99. The Hall–Kier alpha value is -1.21. The minimum absolute atomic E-state index is 0.0517. The molecule has 6 nitrogen and oxygen atoms in total. The largest absolute Gasteiger partial charge is 0.352 e. The fraction of sp³-hybridized carbons (Fsp3) is 0.250. The zero-order chi connectivity index (χ0) is 18.7. The molecule has 1 N–H and O–H groups in total. The molecule has 1 unspecified atom stereocenters. The van der Waals surface area contributed by atoms with Gasteiger partial charge in [-0.15, -0.1) is 0 Å². The van der Waals surface area contributed by atoms with Crippen LogP contribution in [0, 0.1) is 6.92 Å². The van der Waals surface area contributed by atoms with E-state index < -0.39 is 23.4 Å². The maximum Gasteiger partial charge on any atom is 0.352 e. The highest BCUT2D eigenvalue weighted by Crippen LogP contribution is 2.58. The molecule has 0 spiro atoms. The summed E-state index contributed by atoms with van der Waals surface area (Å²) < 4.78 is 50.7. The first kappa shape index (κ1) is 20.1. The van der Waals surface area contributed by atoms with Gasteiger partial charge in [0.05, 0.1) is 4.90 Å². The first-order valence-electron chi connectivity index (χ1n) is 7.27. The van der Waals surface area contributed by atoms with Gasteiger partial charge in [-0.2, -0.15) is 4.72 Å². The zero-order valence-corrected chi connectivity index (χ0v) is 16.4. The van der Waals surface area contributed by atoms with Crippen LogP contribution in [0.3, 0.4) is 0 Å². The maximum atomic E-state index is 12.9. The molecule has 0 radical (unpaired) electrons. The number of hydrogen-bond acceptors (Lipinski definition) is 5. The van der Waals surface area contributed by atoms with E-state index in [1.807, 2.05) is 6.92 Å². The van der Waals surface area contributed by atoms with E-state index in [1.54, 1.807) is 36.4 Å². The molecule has 136 valence electrons. The van der Waals surface area contributed by atoms with E-state index in [1.165, 1.54) is 26.4 Å². The number of nitrogens with one attached hydrogen (secondary N) is 1. The Bertz CT molecular complexity index is 860. The van der Waals surface area contributed by atoms with E-state index in [-0.39, 0.29) is 4.90 Å². The SMILES string of the molecule is COP(=O)(OC)C(NS(=O)(=O)c1ccc(C)cc1)c1ccc(Cl)cc1. The van der Waals surface area contributed by atoms with Crippen molar-refractivity contribution in [2.75, 3.05) is 14.2 Å². The molecule has 0 aliphatic heterocycles. The van der Waals surface area contributed by atoms with Gasteiger partial charge >= 0.3 is 7.60 Å². The molecule has 25 heavy (non-hydrogen) atoms. The van der Waals surface area contributed by atoms with Crippen molar-refractivity contribution >= 4 is 29.2 Å². The van der Waals surface area contributed by atoms with Crippen LogP contribution in [0.1, 0.15) is 16.9 Å². The van der Waals surface area contributed by atoms with Crippen molar-refractivity contribution in [2.45, 2.75) is 17.6 Å². The Morgan fingerprint density at radius 1 is 1.00 bits per heavy atom. The van der Waals surface area contributed by atoms with Gasteiger partial charge in [0.2, 0.25) is 10.0 Å². The zero-order valence-electron chi connectivity index (χ0n) is 14.0. The van der Waals surface area contributed by atoms with Crippen LogP contribution in [0.15, 0.2) is 53.4 Å². The van der Waals surface area contributed by atoms with E-state index >= 15 is 0 Å². The molecule has 2 aromatic rings. The third-order valence-corrected chi connectivity index (χ3v) is 7.55. The Balaban J connectivity index is 2.47. The first-order chi connectivity index (χ1) is 11.7. The second-order valence-corrected chi connectivity index (χ2v) is 9.77. The summed E-state index contributed by atoms with van der Waals surface area (Å²) in [7, 11) is -5.34. The molecule has 0 saturated heterocycles. The van der Waals surface area contributed by atoms with E-state index in [9.17, 15) is 13.0 Å². The lowest BCUT2D eigenvalue weighted by Crippen LogP contribution is -2.29. The van der Waals surface area contributed by atoms with Gasteiger partial charge in [-0.1, -0.05) is 41.4 Å². The highest BCUT2D eigenvalue weighted by atomic mass is 35.5. The van der Waals surface area contributed by atoms with Crippen LogP contribution >= 0.6 is 19.2 Å². The van der Waals surface area contributed by atoms with Gasteiger partial charge in [0.1, 0.15) is 5.78 Å². The van der Waals surface area contributed by atoms with Crippen molar-refractivity contribution in [3.63, 3.8) is 0 Å². The van der Waals surface area contributed by atoms with Crippen LogP contribution < -0.4 is 4.72 Å². The van der Waals surface area contributed by atoms with Gasteiger partial charge in [0, 0.05) is 19.2 Å². The van der Waals surface area contributed by atoms with Gasteiger partial charge in [0.15, 0.2) is 0 Å². The fourth-order valence-electron chi connectivity index (χ4n) is 2.18. The predicted molar refractivity (Wildman–Crippen MR) is 97.3 cm³/mol. The van der Waals surface area contributed by atoms with Crippen molar-refractivity contribution in [1.82, 2.24) is 4.72 Å². The van der Waals surface area contributed by atoms with E-state index in [0.717, 1.165) is 5.56 Å². The minimum atomic E-state index is -3.95. The third-order valence-electron chi connectivity index (χ3n) is 3.61. The minimum Gasteiger partial charge on any atom is -0.311 e. The summed E-state index contributed by atoms with van der Waals surface area (Å²) in [6.07, 6.45) is 0. The predicted octanol–water partition coefficient (Wildman–Crippen LogP) is 4.11. The molecule has 0 aromatic heterocycles. The van der Waals surface area contributed by atoms with Gasteiger partial charge in [-0.05, 0) is 36.8 Å². The smallest absolute Gasteiger partial charge is 0.311 e. The highest BCUT2D eigenvalue weighted by Gasteiger charge is 2.38.